The fourth-order valence-electron chi connectivity index (χ4n) is 3.65. The van der Waals surface area contributed by atoms with Crippen LogP contribution in [0, 0.1) is 11.8 Å². The normalized spacial score (nSPS) is 19.4. The molecular weight excluding hydrogens is 432 g/mol. The number of amides is 1. The summed E-state index contributed by atoms with van der Waals surface area (Å²) in [6.45, 7) is 4.29. The van der Waals surface area contributed by atoms with Crippen LogP contribution in [0.25, 0.3) is 0 Å². The number of fused-ring (bicyclic) bond motifs is 1. The number of carbonyl (C=O) groups is 3. The molecule has 32 heavy (non-hydrogen) atoms. The third kappa shape index (κ3) is 5.75. The van der Waals surface area contributed by atoms with Gasteiger partial charge >= 0.3 is 5.97 Å². The molecule has 2 unspecified atom stereocenters. The van der Waals surface area contributed by atoms with Crippen LogP contribution >= 0.6 is 11.6 Å². The third-order valence-corrected chi connectivity index (χ3v) is 5.54. The van der Waals surface area contributed by atoms with E-state index in [1.165, 1.54) is 0 Å². The molecule has 0 fully saturated rings. The lowest BCUT2D eigenvalue weighted by Crippen LogP contribution is -2.26. The lowest BCUT2D eigenvalue weighted by Gasteiger charge is -2.23. The fourth-order valence-corrected chi connectivity index (χ4v) is 3.93. The predicted molar refractivity (Wildman–Crippen MR) is 122 cm³/mol. The second-order valence-electron chi connectivity index (χ2n) is 7.41. The monoisotopic (exact) mass is 456 g/mol. The summed E-state index contributed by atoms with van der Waals surface area (Å²) in [5.41, 5.74) is 2.63. The van der Waals surface area contributed by atoms with Crippen molar-refractivity contribution in [1.82, 2.24) is 0 Å². The molecule has 0 saturated carbocycles. The van der Waals surface area contributed by atoms with Crippen LogP contribution in [0.1, 0.15) is 42.6 Å². The van der Waals surface area contributed by atoms with Gasteiger partial charge in [0, 0.05) is 33.6 Å². The predicted octanol–water partition coefficient (Wildman–Crippen LogP) is 4.18. The van der Waals surface area contributed by atoms with E-state index in [1.807, 2.05) is 6.92 Å². The van der Waals surface area contributed by atoms with Crippen molar-refractivity contribution in [3.05, 3.63) is 58.2 Å². The van der Waals surface area contributed by atoms with Gasteiger partial charge in [-0.25, -0.2) is 0 Å². The lowest BCUT2D eigenvalue weighted by molar-refractivity contribution is -0.144. The van der Waals surface area contributed by atoms with Crippen molar-refractivity contribution < 1.29 is 24.0 Å². The van der Waals surface area contributed by atoms with Crippen molar-refractivity contribution in [3.63, 3.8) is 0 Å². The van der Waals surface area contributed by atoms with Crippen LogP contribution in [0.5, 0.6) is 0 Å². The molecule has 1 aromatic rings. The molecule has 0 aliphatic heterocycles. The molecule has 0 saturated heterocycles. The zero-order chi connectivity index (χ0) is 23.1. The van der Waals surface area contributed by atoms with Gasteiger partial charge in [-0.2, -0.15) is 0 Å². The van der Waals surface area contributed by atoms with Crippen molar-refractivity contribution in [2.75, 3.05) is 18.5 Å². The maximum absolute atomic E-state index is 12.8. The summed E-state index contributed by atoms with van der Waals surface area (Å²) in [4.78, 5) is 42.1. The molecule has 1 aromatic carbocycles. The van der Waals surface area contributed by atoms with E-state index in [2.05, 4.69) is 16.3 Å². The first-order valence-electron chi connectivity index (χ1n) is 10.6. The Bertz CT molecular complexity index is 1040. The second-order valence-corrected chi connectivity index (χ2v) is 7.85. The topological polar surface area (TPSA) is 94.1 Å². The highest BCUT2D eigenvalue weighted by Crippen LogP contribution is 2.31. The third-order valence-electron chi connectivity index (χ3n) is 5.20. The lowest BCUT2D eigenvalue weighted by atomic mass is 9.81. The number of anilines is 1. The zero-order valence-corrected chi connectivity index (χ0v) is 18.8. The minimum Gasteiger partial charge on any atom is -0.466 e. The molecule has 0 radical (unpaired) electrons. The Labute approximate surface area is 191 Å². The molecule has 3 rings (SSSR count). The SMILES string of the molecule is CCON=C=C1C=CC(C(=O)Nc2ccc3c(c2)CCC(CC(=O)OCC)C3=O)C(Cl)=C1. The number of carbonyl (C=O) groups excluding carboxylic acids is 3. The number of ether oxygens (including phenoxy) is 1. The number of ketones is 1. The fraction of sp³-hybridized carbons (Fsp3) is 0.375. The highest BCUT2D eigenvalue weighted by atomic mass is 35.5. The first-order valence-corrected chi connectivity index (χ1v) is 10.9. The average molecular weight is 457 g/mol. The Morgan fingerprint density at radius 1 is 1.28 bits per heavy atom. The number of Topliss-reactive ketones (excluding diaryl/α,β-unsaturated/α-hetero) is 1. The molecule has 0 aromatic heterocycles. The summed E-state index contributed by atoms with van der Waals surface area (Å²) in [5, 5.41) is 6.87. The minimum absolute atomic E-state index is 0.0635. The van der Waals surface area contributed by atoms with Gasteiger partial charge in [0.05, 0.1) is 18.9 Å². The summed E-state index contributed by atoms with van der Waals surface area (Å²) < 4.78 is 4.96. The number of nitrogens with one attached hydrogen (secondary N) is 1. The molecular formula is C24H25ClN2O5. The second kappa shape index (κ2) is 10.9. The van der Waals surface area contributed by atoms with E-state index >= 15 is 0 Å². The largest absolute Gasteiger partial charge is 0.466 e. The first-order chi connectivity index (χ1) is 15.4. The van der Waals surface area contributed by atoms with Crippen LogP contribution < -0.4 is 5.32 Å². The maximum Gasteiger partial charge on any atom is 0.306 e. The van der Waals surface area contributed by atoms with Crippen LogP contribution in [-0.2, 0) is 25.6 Å². The van der Waals surface area contributed by atoms with Crippen LogP contribution in [0.2, 0.25) is 0 Å². The number of hydrogen-bond acceptors (Lipinski definition) is 6. The Morgan fingerprint density at radius 3 is 2.81 bits per heavy atom. The minimum atomic E-state index is -0.638. The first kappa shape index (κ1) is 23.5. The number of aryl methyl sites for hydroxylation is 1. The van der Waals surface area contributed by atoms with E-state index in [0.717, 1.165) is 5.56 Å². The number of hydrogen-bond donors (Lipinski definition) is 1. The van der Waals surface area contributed by atoms with Gasteiger partial charge in [-0.05, 0) is 67.8 Å². The number of benzene rings is 1. The molecule has 2 aliphatic rings. The molecule has 0 spiro atoms. The Kier molecular flexibility index (Phi) is 8.03. The van der Waals surface area contributed by atoms with E-state index in [9.17, 15) is 14.4 Å². The smallest absolute Gasteiger partial charge is 0.306 e. The van der Waals surface area contributed by atoms with Gasteiger partial charge in [0.2, 0.25) is 5.91 Å². The molecule has 2 atom stereocenters. The van der Waals surface area contributed by atoms with Gasteiger partial charge in [0.15, 0.2) is 5.78 Å². The quantitative estimate of drug-likeness (QED) is 0.377. The summed E-state index contributed by atoms with van der Waals surface area (Å²) in [5.74, 6) is 0.989. The number of rotatable bonds is 7. The van der Waals surface area contributed by atoms with Gasteiger partial charge < -0.3 is 14.9 Å². The van der Waals surface area contributed by atoms with Crippen LogP contribution in [0.4, 0.5) is 5.69 Å². The maximum atomic E-state index is 12.8. The van der Waals surface area contributed by atoms with Crippen molar-refractivity contribution in [2.24, 2.45) is 17.0 Å². The van der Waals surface area contributed by atoms with E-state index in [-0.39, 0.29) is 30.0 Å². The average Bonchev–Trinajstić information content (AvgIpc) is 2.76. The molecule has 1 N–H and O–H groups in total. The van der Waals surface area contributed by atoms with Crippen molar-refractivity contribution in [3.8, 4) is 0 Å². The number of halogens is 1. The van der Waals surface area contributed by atoms with E-state index < -0.39 is 5.92 Å². The van der Waals surface area contributed by atoms with Gasteiger partial charge in [0.25, 0.3) is 0 Å². The van der Waals surface area contributed by atoms with Gasteiger partial charge in [-0.1, -0.05) is 17.7 Å². The number of nitrogens with zero attached hydrogens (tertiary/aromatic N) is 1. The molecule has 8 heteroatoms. The van der Waals surface area contributed by atoms with E-state index in [0.29, 0.717) is 47.9 Å². The molecule has 0 heterocycles. The Hall–Kier alpha value is -3.15. The van der Waals surface area contributed by atoms with Gasteiger partial charge in [-0.3, -0.25) is 14.4 Å². The van der Waals surface area contributed by atoms with Crippen molar-refractivity contribution >= 4 is 40.8 Å². The van der Waals surface area contributed by atoms with Gasteiger partial charge in [-0.15, -0.1) is 0 Å². The molecule has 7 nitrogen and oxygen atoms in total. The summed E-state index contributed by atoms with van der Waals surface area (Å²) >= 11 is 6.29. The number of esters is 1. The molecule has 0 bridgehead atoms. The van der Waals surface area contributed by atoms with E-state index in [1.54, 1.807) is 43.4 Å². The van der Waals surface area contributed by atoms with Crippen molar-refractivity contribution in [2.45, 2.75) is 33.1 Å². The number of allylic oxidation sites excluding steroid dienone is 3. The Balaban J connectivity index is 1.66. The zero-order valence-electron chi connectivity index (χ0n) is 18.0. The Morgan fingerprint density at radius 2 is 2.09 bits per heavy atom. The van der Waals surface area contributed by atoms with Crippen molar-refractivity contribution in [1.29, 1.82) is 0 Å². The standard InChI is InChI=1S/C24H25ClN2O5/c1-3-31-22(28)13-17-7-6-16-12-18(8-10-19(16)23(17)29)27-24(30)20-9-5-15(11-21(20)25)14-26-32-4-2/h5,8-12,17,20H,3-4,6-7,13H2,1-2H3,(H,27,30). The highest BCUT2D eigenvalue weighted by Gasteiger charge is 2.30. The summed E-state index contributed by atoms with van der Waals surface area (Å²) in [6.07, 6.45) is 6.29. The van der Waals surface area contributed by atoms with Crippen LogP contribution in [0.3, 0.4) is 0 Å². The van der Waals surface area contributed by atoms with E-state index in [4.69, 9.17) is 21.2 Å². The molecule has 168 valence electrons. The van der Waals surface area contributed by atoms with Crippen LogP contribution in [-0.4, -0.2) is 36.7 Å². The highest BCUT2D eigenvalue weighted by molar-refractivity contribution is 6.32. The van der Waals surface area contributed by atoms with Crippen LogP contribution in [0.15, 0.2) is 52.2 Å². The van der Waals surface area contributed by atoms with Gasteiger partial charge in [0.1, 0.15) is 6.61 Å². The molecule has 2 aliphatic carbocycles. The molecule has 1 amide bonds. The summed E-state index contributed by atoms with van der Waals surface area (Å²) in [6, 6.07) is 5.19. The summed E-state index contributed by atoms with van der Waals surface area (Å²) in [7, 11) is 0.